The Hall–Kier alpha value is -3.71. The number of aromatic nitrogens is 3. The second-order valence-corrected chi connectivity index (χ2v) is 6.14. The summed E-state index contributed by atoms with van der Waals surface area (Å²) in [6.45, 7) is 0.793. The predicted octanol–water partition coefficient (Wildman–Crippen LogP) is 2.52. The standard InChI is InChI=1S/C19H14F3N5O2/c1-10-2-3-11(7-23)6-15(10)24-19-25-18(29)16(9-28)26-27(19)8-12-4-13(20)17(22)14(21)5-12/h2-6,28H,8-9H2,1H3,(H,24,25,29). The quantitative estimate of drug-likeness (QED) is 0.637. The van der Waals surface area contributed by atoms with Crippen LogP contribution in [0.2, 0.25) is 0 Å². The van der Waals surface area contributed by atoms with Gasteiger partial charge >= 0.3 is 0 Å². The molecule has 0 fully saturated rings. The third-order valence-electron chi connectivity index (χ3n) is 4.08. The number of aryl methyl sites for hydroxylation is 1. The Bertz CT molecular complexity index is 1160. The molecule has 1 heterocycles. The fourth-order valence-electron chi connectivity index (χ4n) is 2.58. The molecule has 2 aromatic carbocycles. The van der Waals surface area contributed by atoms with Gasteiger partial charge in [0.2, 0.25) is 5.95 Å². The summed E-state index contributed by atoms with van der Waals surface area (Å²) in [6.07, 6.45) is 0. The Morgan fingerprint density at radius 1 is 1.21 bits per heavy atom. The van der Waals surface area contributed by atoms with Crippen molar-refractivity contribution in [3.05, 3.63) is 80.5 Å². The zero-order chi connectivity index (χ0) is 21.1. The van der Waals surface area contributed by atoms with Crippen LogP contribution < -0.4 is 10.9 Å². The minimum absolute atomic E-state index is 0.0220. The van der Waals surface area contributed by atoms with Crippen LogP contribution in [0.5, 0.6) is 0 Å². The van der Waals surface area contributed by atoms with Gasteiger partial charge in [0.1, 0.15) is 0 Å². The zero-order valence-corrected chi connectivity index (χ0v) is 15.1. The van der Waals surface area contributed by atoms with Crippen LogP contribution in [-0.2, 0) is 13.2 Å². The summed E-state index contributed by atoms with van der Waals surface area (Å²) in [6, 6.07) is 8.40. The number of hydrogen-bond acceptors (Lipinski definition) is 6. The van der Waals surface area contributed by atoms with Gasteiger partial charge in [0, 0.05) is 5.69 Å². The van der Waals surface area contributed by atoms with Crippen LogP contribution in [0.3, 0.4) is 0 Å². The number of anilines is 2. The van der Waals surface area contributed by atoms with Crippen molar-refractivity contribution in [3.8, 4) is 6.07 Å². The summed E-state index contributed by atoms with van der Waals surface area (Å²) in [4.78, 5) is 15.8. The third kappa shape index (κ3) is 4.25. The molecular formula is C19H14F3N5O2. The van der Waals surface area contributed by atoms with E-state index in [1.54, 1.807) is 19.1 Å². The first kappa shape index (κ1) is 20.0. The number of hydrogen-bond donors (Lipinski definition) is 2. The van der Waals surface area contributed by atoms with E-state index in [0.29, 0.717) is 11.3 Å². The normalized spacial score (nSPS) is 10.6. The van der Waals surface area contributed by atoms with Crippen molar-refractivity contribution in [2.45, 2.75) is 20.1 Å². The molecule has 0 atom stereocenters. The molecule has 0 bridgehead atoms. The first-order chi connectivity index (χ1) is 13.8. The van der Waals surface area contributed by atoms with Gasteiger partial charge in [0.15, 0.2) is 23.1 Å². The van der Waals surface area contributed by atoms with Crippen molar-refractivity contribution in [1.29, 1.82) is 5.26 Å². The lowest BCUT2D eigenvalue weighted by Crippen LogP contribution is -2.25. The Balaban J connectivity index is 2.07. The number of nitrogens with zero attached hydrogens (tertiary/aromatic N) is 4. The van der Waals surface area contributed by atoms with Gasteiger partial charge in [-0.15, -0.1) is 0 Å². The fraction of sp³-hybridized carbons (Fsp3) is 0.158. The molecular weight excluding hydrogens is 387 g/mol. The lowest BCUT2D eigenvalue weighted by atomic mass is 10.1. The van der Waals surface area contributed by atoms with Crippen LogP contribution in [0.1, 0.15) is 22.4 Å². The molecule has 0 saturated heterocycles. The lowest BCUT2D eigenvalue weighted by molar-refractivity contribution is 0.271. The molecule has 29 heavy (non-hydrogen) atoms. The lowest BCUT2D eigenvalue weighted by Gasteiger charge is -2.15. The predicted molar refractivity (Wildman–Crippen MR) is 96.8 cm³/mol. The third-order valence-corrected chi connectivity index (χ3v) is 4.08. The maximum atomic E-state index is 13.5. The highest BCUT2D eigenvalue weighted by Gasteiger charge is 2.15. The number of benzene rings is 2. The fourth-order valence-corrected chi connectivity index (χ4v) is 2.58. The molecule has 0 aliphatic rings. The van der Waals surface area contributed by atoms with Crippen molar-refractivity contribution < 1.29 is 18.3 Å². The molecule has 0 unspecified atom stereocenters. The molecule has 0 amide bonds. The van der Waals surface area contributed by atoms with E-state index in [9.17, 15) is 23.1 Å². The van der Waals surface area contributed by atoms with E-state index < -0.39 is 29.6 Å². The second kappa shape index (κ2) is 8.12. The summed E-state index contributed by atoms with van der Waals surface area (Å²) in [5.74, 6) is -4.43. The second-order valence-electron chi connectivity index (χ2n) is 6.14. The van der Waals surface area contributed by atoms with Gasteiger partial charge in [0.05, 0.1) is 24.8 Å². The molecule has 0 radical (unpaired) electrons. The molecule has 0 saturated carbocycles. The van der Waals surface area contributed by atoms with Gasteiger partial charge in [-0.25, -0.2) is 17.9 Å². The summed E-state index contributed by atoms with van der Waals surface area (Å²) in [7, 11) is 0. The molecule has 3 aromatic rings. The van der Waals surface area contributed by atoms with Crippen molar-refractivity contribution in [3.63, 3.8) is 0 Å². The average Bonchev–Trinajstić information content (AvgIpc) is 2.69. The minimum atomic E-state index is -1.60. The van der Waals surface area contributed by atoms with Crippen LogP contribution in [-0.4, -0.2) is 19.9 Å². The molecule has 10 heteroatoms. The molecule has 1 aromatic heterocycles. The van der Waals surface area contributed by atoms with Crippen LogP contribution in [0.25, 0.3) is 0 Å². The number of nitrogens with one attached hydrogen (secondary N) is 1. The average molecular weight is 401 g/mol. The molecule has 0 aliphatic heterocycles. The largest absolute Gasteiger partial charge is 0.390 e. The van der Waals surface area contributed by atoms with Crippen molar-refractivity contribution in [2.24, 2.45) is 0 Å². The van der Waals surface area contributed by atoms with Gasteiger partial charge in [-0.3, -0.25) is 4.79 Å². The first-order valence-electron chi connectivity index (χ1n) is 8.32. The van der Waals surface area contributed by atoms with Crippen LogP contribution in [0.4, 0.5) is 24.8 Å². The van der Waals surface area contributed by atoms with Crippen LogP contribution in [0, 0.1) is 35.7 Å². The summed E-state index contributed by atoms with van der Waals surface area (Å²) in [5.41, 5.74) is 0.496. The molecule has 0 spiro atoms. The number of aliphatic hydroxyl groups excluding tert-OH is 1. The van der Waals surface area contributed by atoms with E-state index in [4.69, 9.17) is 5.26 Å². The van der Waals surface area contributed by atoms with E-state index in [-0.39, 0.29) is 23.8 Å². The Kier molecular flexibility index (Phi) is 5.61. The van der Waals surface area contributed by atoms with Gasteiger partial charge < -0.3 is 10.4 Å². The van der Waals surface area contributed by atoms with Crippen LogP contribution in [0.15, 0.2) is 35.1 Å². The number of halogens is 3. The summed E-state index contributed by atoms with van der Waals surface area (Å²) in [5, 5.41) is 25.2. The van der Waals surface area contributed by atoms with Gasteiger partial charge in [-0.2, -0.15) is 15.3 Å². The van der Waals surface area contributed by atoms with Gasteiger partial charge in [-0.05, 0) is 42.3 Å². The first-order valence-corrected chi connectivity index (χ1v) is 8.32. The summed E-state index contributed by atoms with van der Waals surface area (Å²) >= 11 is 0. The Morgan fingerprint density at radius 2 is 1.90 bits per heavy atom. The maximum Gasteiger partial charge on any atom is 0.298 e. The molecule has 148 valence electrons. The SMILES string of the molecule is Cc1ccc(C#N)cc1Nc1nc(=O)c(CO)nn1Cc1cc(F)c(F)c(F)c1. The Morgan fingerprint density at radius 3 is 2.52 bits per heavy atom. The smallest absolute Gasteiger partial charge is 0.298 e. The molecule has 7 nitrogen and oxygen atoms in total. The van der Waals surface area contributed by atoms with E-state index in [1.165, 1.54) is 6.07 Å². The molecule has 2 N–H and O–H groups in total. The monoisotopic (exact) mass is 401 g/mol. The number of rotatable bonds is 5. The van der Waals surface area contributed by atoms with Crippen molar-refractivity contribution >= 4 is 11.6 Å². The van der Waals surface area contributed by atoms with Crippen LogP contribution >= 0.6 is 0 Å². The topological polar surface area (TPSA) is 104 Å². The van der Waals surface area contributed by atoms with E-state index in [2.05, 4.69) is 15.4 Å². The maximum absolute atomic E-state index is 13.5. The number of aliphatic hydroxyl groups is 1. The van der Waals surface area contributed by atoms with Crippen molar-refractivity contribution in [1.82, 2.24) is 14.8 Å². The molecule has 0 aliphatic carbocycles. The highest BCUT2D eigenvalue weighted by Crippen LogP contribution is 2.21. The van der Waals surface area contributed by atoms with E-state index in [0.717, 1.165) is 22.4 Å². The van der Waals surface area contributed by atoms with Gasteiger partial charge in [-0.1, -0.05) is 6.07 Å². The Labute approximate surface area is 162 Å². The highest BCUT2D eigenvalue weighted by atomic mass is 19.2. The van der Waals surface area contributed by atoms with E-state index in [1.807, 2.05) is 6.07 Å². The molecule has 3 rings (SSSR count). The van der Waals surface area contributed by atoms with Crippen molar-refractivity contribution in [2.75, 3.05) is 5.32 Å². The zero-order valence-electron chi connectivity index (χ0n) is 15.1. The minimum Gasteiger partial charge on any atom is -0.390 e. The number of nitriles is 1. The summed E-state index contributed by atoms with van der Waals surface area (Å²) < 4.78 is 41.4. The van der Waals surface area contributed by atoms with E-state index >= 15 is 0 Å². The highest BCUT2D eigenvalue weighted by molar-refractivity contribution is 5.61. The van der Waals surface area contributed by atoms with Gasteiger partial charge in [0.25, 0.3) is 5.56 Å².